The SMILES string of the molecule is Cc1ccc(N(C)C(=O)c2ccccc2N=[N+]=[N-])c(C#Cc2ccccc2)c1. The molecule has 0 N–H and O–H groups in total. The molecule has 0 spiro atoms. The largest absolute Gasteiger partial charge is 0.310 e. The van der Waals surface area contributed by atoms with Gasteiger partial charge in [-0.1, -0.05) is 59.4 Å². The van der Waals surface area contributed by atoms with Gasteiger partial charge >= 0.3 is 0 Å². The van der Waals surface area contributed by atoms with E-state index in [0.29, 0.717) is 16.9 Å². The van der Waals surface area contributed by atoms with Crippen molar-refractivity contribution in [1.82, 2.24) is 0 Å². The summed E-state index contributed by atoms with van der Waals surface area (Å²) in [5.74, 6) is 6.04. The monoisotopic (exact) mass is 366 g/mol. The summed E-state index contributed by atoms with van der Waals surface area (Å²) >= 11 is 0. The predicted octanol–water partition coefficient (Wildman–Crippen LogP) is 5.61. The fourth-order valence-corrected chi connectivity index (χ4v) is 2.78. The van der Waals surface area contributed by atoms with E-state index in [1.807, 2.05) is 55.5 Å². The van der Waals surface area contributed by atoms with E-state index < -0.39 is 0 Å². The van der Waals surface area contributed by atoms with Crippen molar-refractivity contribution in [3.8, 4) is 11.8 Å². The molecule has 136 valence electrons. The van der Waals surface area contributed by atoms with Crippen LogP contribution in [0.4, 0.5) is 11.4 Å². The minimum absolute atomic E-state index is 0.269. The van der Waals surface area contributed by atoms with Crippen LogP contribution in [0.2, 0.25) is 0 Å². The quantitative estimate of drug-likeness (QED) is 0.257. The van der Waals surface area contributed by atoms with Crippen LogP contribution in [0.3, 0.4) is 0 Å². The summed E-state index contributed by atoms with van der Waals surface area (Å²) in [5.41, 5.74) is 12.8. The molecule has 0 aromatic heterocycles. The molecule has 3 aromatic carbocycles. The van der Waals surface area contributed by atoms with Crippen LogP contribution in [0, 0.1) is 18.8 Å². The van der Waals surface area contributed by atoms with Gasteiger partial charge in [0.05, 0.1) is 11.4 Å². The molecule has 1 amide bonds. The first-order valence-corrected chi connectivity index (χ1v) is 8.70. The molecule has 0 aliphatic heterocycles. The van der Waals surface area contributed by atoms with E-state index in [0.717, 1.165) is 16.7 Å². The molecule has 5 nitrogen and oxygen atoms in total. The molecular formula is C23H18N4O. The Bertz CT molecular complexity index is 1120. The first-order chi connectivity index (χ1) is 13.6. The zero-order valence-corrected chi connectivity index (χ0v) is 15.6. The average molecular weight is 366 g/mol. The van der Waals surface area contributed by atoms with Gasteiger partial charge in [0.1, 0.15) is 0 Å². The van der Waals surface area contributed by atoms with Crippen LogP contribution >= 0.6 is 0 Å². The van der Waals surface area contributed by atoms with Gasteiger partial charge in [-0.15, -0.1) is 0 Å². The standard InChI is InChI=1S/C23H18N4O/c1-17-12-15-22(19(16-17)14-13-18-8-4-3-5-9-18)27(2)23(28)20-10-6-7-11-21(20)25-26-24/h3-12,15-16H,1-2H3. The number of amides is 1. The van der Waals surface area contributed by atoms with E-state index in [1.54, 1.807) is 31.3 Å². The molecule has 3 rings (SSSR count). The number of hydrogen-bond acceptors (Lipinski definition) is 2. The molecule has 0 saturated heterocycles. The Balaban J connectivity index is 2.01. The number of azide groups is 1. The molecule has 0 heterocycles. The van der Waals surface area contributed by atoms with E-state index in [9.17, 15) is 4.79 Å². The van der Waals surface area contributed by atoms with E-state index >= 15 is 0 Å². The van der Waals surface area contributed by atoms with Crippen molar-refractivity contribution in [3.05, 3.63) is 105 Å². The van der Waals surface area contributed by atoms with Crippen LogP contribution in [-0.2, 0) is 0 Å². The van der Waals surface area contributed by atoms with Gasteiger partial charge in [0.15, 0.2) is 0 Å². The normalized spacial score (nSPS) is 9.64. The van der Waals surface area contributed by atoms with Crippen molar-refractivity contribution in [2.75, 3.05) is 11.9 Å². The Morgan fingerprint density at radius 2 is 1.71 bits per heavy atom. The highest BCUT2D eigenvalue weighted by molar-refractivity contribution is 6.09. The van der Waals surface area contributed by atoms with Crippen LogP contribution < -0.4 is 4.90 Å². The highest BCUT2D eigenvalue weighted by atomic mass is 16.2. The summed E-state index contributed by atoms with van der Waals surface area (Å²) in [4.78, 5) is 17.4. The topological polar surface area (TPSA) is 69.1 Å². The minimum Gasteiger partial charge on any atom is -0.310 e. The van der Waals surface area contributed by atoms with Crippen molar-refractivity contribution in [2.45, 2.75) is 6.92 Å². The Morgan fingerprint density at radius 3 is 2.46 bits per heavy atom. The molecule has 0 fully saturated rings. The molecule has 0 radical (unpaired) electrons. The summed E-state index contributed by atoms with van der Waals surface area (Å²) in [6.07, 6.45) is 0. The first kappa shape index (κ1) is 18.8. The third-order valence-corrected chi connectivity index (χ3v) is 4.22. The molecule has 3 aromatic rings. The number of nitrogens with zero attached hydrogens (tertiary/aromatic N) is 4. The lowest BCUT2D eigenvalue weighted by atomic mass is 10.1. The van der Waals surface area contributed by atoms with Gasteiger partial charge in [-0.2, -0.15) is 0 Å². The lowest BCUT2D eigenvalue weighted by Crippen LogP contribution is -2.27. The summed E-state index contributed by atoms with van der Waals surface area (Å²) in [6.45, 7) is 1.98. The molecule has 5 heteroatoms. The van der Waals surface area contributed by atoms with Crippen LogP contribution in [0.25, 0.3) is 10.4 Å². The Labute approximate surface area is 163 Å². The van der Waals surface area contributed by atoms with E-state index in [1.165, 1.54) is 4.90 Å². The number of aryl methyl sites for hydroxylation is 1. The third kappa shape index (κ3) is 4.21. The molecule has 0 saturated carbocycles. The zero-order chi connectivity index (χ0) is 19.9. The third-order valence-electron chi connectivity index (χ3n) is 4.22. The molecule has 0 aliphatic rings. The maximum Gasteiger partial charge on any atom is 0.258 e. The number of hydrogen-bond donors (Lipinski definition) is 0. The van der Waals surface area contributed by atoms with Crippen molar-refractivity contribution in [2.24, 2.45) is 5.11 Å². The van der Waals surface area contributed by atoms with Gasteiger partial charge in [0.25, 0.3) is 5.91 Å². The average Bonchev–Trinajstić information content (AvgIpc) is 2.73. The van der Waals surface area contributed by atoms with Gasteiger partial charge in [0, 0.05) is 28.6 Å². The number of benzene rings is 3. The lowest BCUT2D eigenvalue weighted by Gasteiger charge is -2.20. The number of carbonyl (C=O) groups excluding carboxylic acids is 1. The maximum atomic E-state index is 13.0. The maximum absolute atomic E-state index is 13.0. The highest BCUT2D eigenvalue weighted by Crippen LogP contribution is 2.26. The molecular weight excluding hydrogens is 348 g/mol. The Hall–Kier alpha value is -4.00. The van der Waals surface area contributed by atoms with Crippen molar-refractivity contribution >= 4 is 17.3 Å². The van der Waals surface area contributed by atoms with Crippen LogP contribution in [0.1, 0.15) is 27.0 Å². The van der Waals surface area contributed by atoms with Crippen molar-refractivity contribution in [1.29, 1.82) is 0 Å². The van der Waals surface area contributed by atoms with Crippen LogP contribution in [0.15, 0.2) is 77.9 Å². The summed E-state index contributed by atoms with van der Waals surface area (Å²) in [6, 6.07) is 22.2. The molecule has 0 atom stereocenters. The van der Waals surface area contributed by atoms with Gasteiger partial charge in [0.2, 0.25) is 0 Å². The van der Waals surface area contributed by atoms with Crippen LogP contribution in [0.5, 0.6) is 0 Å². The minimum atomic E-state index is -0.269. The second kappa shape index (κ2) is 8.59. The fraction of sp³-hybridized carbons (Fsp3) is 0.0870. The predicted molar refractivity (Wildman–Crippen MR) is 112 cm³/mol. The second-order valence-electron chi connectivity index (χ2n) is 6.21. The smallest absolute Gasteiger partial charge is 0.258 e. The summed E-state index contributed by atoms with van der Waals surface area (Å²) in [7, 11) is 1.69. The van der Waals surface area contributed by atoms with E-state index in [-0.39, 0.29) is 5.91 Å². The van der Waals surface area contributed by atoms with Gasteiger partial charge in [-0.25, -0.2) is 0 Å². The summed E-state index contributed by atoms with van der Waals surface area (Å²) in [5, 5.41) is 3.62. The number of rotatable bonds is 3. The van der Waals surface area contributed by atoms with Gasteiger partial charge in [-0.3, -0.25) is 4.79 Å². The second-order valence-corrected chi connectivity index (χ2v) is 6.21. The molecule has 28 heavy (non-hydrogen) atoms. The first-order valence-electron chi connectivity index (χ1n) is 8.70. The summed E-state index contributed by atoms with van der Waals surface area (Å²) < 4.78 is 0. The van der Waals surface area contributed by atoms with Crippen molar-refractivity contribution < 1.29 is 4.79 Å². The van der Waals surface area contributed by atoms with E-state index in [2.05, 4.69) is 21.9 Å². The van der Waals surface area contributed by atoms with Gasteiger partial charge in [-0.05, 0) is 48.4 Å². The molecule has 0 aliphatic carbocycles. The molecule has 0 unspecified atom stereocenters. The van der Waals surface area contributed by atoms with Crippen molar-refractivity contribution in [3.63, 3.8) is 0 Å². The molecule has 0 bridgehead atoms. The number of carbonyl (C=O) groups is 1. The highest BCUT2D eigenvalue weighted by Gasteiger charge is 2.18. The number of anilines is 1. The van der Waals surface area contributed by atoms with Gasteiger partial charge < -0.3 is 4.90 Å². The lowest BCUT2D eigenvalue weighted by molar-refractivity contribution is 0.0993. The Kier molecular flexibility index (Phi) is 5.76. The zero-order valence-electron chi connectivity index (χ0n) is 15.6. The Morgan fingerprint density at radius 1 is 1.00 bits per heavy atom. The fourth-order valence-electron chi connectivity index (χ4n) is 2.78. The van der Waals surface area contributed by atoms with Crippen LogP contribution in [-0.4, -0.2) is 13.0 Å². The van der Waals surface area contributed by atoms with E-state index in [4.69, 9.17) is 5.53 Å².